The number of fused-ring (bicyclic) bond motifs is 1. The van der Waals surface area contributed by atoms with Crippen molar-refractivity contribution >= 4 is 17.7 Å². The number of carbonyl (C=O) groups is 1. The molecule has 2 aromatic rings. The van der Waals surface area contributed by atoms with Gasteiger partial charge in [0.2, 0.25) is 0 Å². The highest BCUT2D eigenvalue weighted by Crippen LogP contribution is 2.30. The maximum Gasteiger partial charge on any atom is 0.410 e. The van der Waals surface area contributed by atoms with Crippen LogP contribution in [-0.4, -0.2) is 53.3 Å². The maximum absolute atomic E-state index is 12.5. The predicted octanol–water partition coefficient (Wildman–Crippen LogP) is 5.55. The molecule has 1 amide bonds. The van der Waals surface area contributed by atoms with Crippen LogP contribution in [0.2, 0.25) is 5.02 Å². The molecule has 0 radical (unpaired) electrons. The molecule has 0 N–H and O–H groups in total. The molecule has 6 heteroatoms. The van der Waals surface area contributed by atoms with Gasteiger partial charge in [0.1, 0.15) is 18.0 Å². The van der Waals surface area contributed by atoms with E-state index in [2.05, 4.69) is 35.2 Å². The van der Waals surface area contributed by atoms with E-state index in [9.17, 15) is 4.79 Å². The summed E-state index contributed by atoms with van der Waals surface area (Å²) in [6.07, 6.45) is 2.55. The number of likely N-dealkylation sites (tertiary alicyclic amines) is 1. The number of para-hydroxylation sites is 1. The van der Waals surface area contributed by atoms with E-state index in [4.69, 9.17) is 21.1 Å². The lowest BCUT2D eigenvalue weighted by molar-refractivity contribution is 0.00799. The molecular weight excluding hydrogens is 424 g/mol. The Morgan fingerprint density at radius 1 is 1.09 bits per heavy atom. The molecule has 0 aliphatic carbocycles. The standard InChI is InChI=1S/C26H33ClN2O3/c1-26(2,3)32-25(30)28-14-12-22(13-15-28)29-17-20-6-4-5-7-24(20)31-18-23(29)16-19-8-10-21(27)11-9-19/h4-11,22-23H,12-18H2,1-3H3. The summed E-state index contributed by atoms with van der Waals surface area (Å²) in [7, 11) is 0. The molecule has 4 rings (SSSR count). The molecule has 0 aromatic heterocycles. The van der Waals surface area contributed by atoms with E-state index in [0.717, 1.165) is 36.6 Å². The SMILES string of the molecule is CC(C)(C)OC(=O)N1CCC(N2Cc3ccccc3OCC2Cc2ccc(Cl)cc2)CC1. The fourth-order valence-electron chi connectivity index (χ4n) is 4.59. The van der Waals surface area contributed by atoms with Gasteiger partial charge in [0.25, 0.3) is 0 Å². The lowest BCUT2D eigenvalue weighted by atomic mass is 9.97. The van der Waals surface area contributed by atoms with Crippen molar-refractivity contribution in [1.82, 2.24) is 9.80 Å². The van der Waals surface area contributed by atoms with Crippen LogP contribution in [-0.2, 0) is 17.7 Å². The van der Waals surface area contributed by atoms with E-state index in [1.54, 1.807) is 0 Å². The third-order valence-electron chi connectivity index (χ3n) is 6.20. The topological polar surface area (TPSA) is 42.0 Å². The Hall–Kier alpha value is -2.24. The van der Waals surface area contributed by atoms with E-state index in [1.807, 2.05) is 43.9 Å². The van der Waals surface area contributed by atoms with E-state index in [-0.39, 0.29) is 12.1 Å². The molecule has 2 aromatic carbocycles. The Labute approximate surface area is 196 Å². The maximum atomic E-state index is 12.5. The van der Waals surface area contributed by atoms with Crippen molar-refractivity contribution < 1.29 is 14.3 Å². The Morgan fingerprint density at radius 2 is 1.78 bits per heavy atom. The van der Waals surface area contributed by atoms with Gasteiger partial charge in [0, 0.05) is 42.3 Å². The van der Waals surface area contributed by atoms with Crippen LogP contribution < -0.4 is 4.74 Å². The minimum Gasteiger partial charge on any atom is -0.492 e. The summed E-state index contributed by atoms with van der Waals surface area (Å²) in [6.45, 7) is 8.66. The second-order valence-corrected chi connectivity index (χ2v) is 10.2. The summed E-state index contributed by atoms with van der Waals surface area (Å²) in [5.74, 6) is 0.974. The number of amides is 1. The lowest BCUT2D eigenvalue weighted by Crippen LogP contribution is -2.51. The van der Waals surface area contributed by atoms with Gasteiger partial charge in [0.15, 0.2) is 0 Å². The van der Waals surface area contributed by atoms with Crippen molar-refractivity contribution in [3.05, 3.63) is 64.7 Å². The Morgan fingerprint density at radius 3 is 2.47 bits per heavy atom. The van der Waals surface area contributed by atoms with Gasteiger partial charge in [-0.25, -0.2) is 4.79 Å². The average molecular weight is 457 g/mol. The second-order valence-electron chi connectivity index (χ2n) is 9.77. The van der Waals surface area contributed by atoms with Crippen LogP contribution in [0, 0.1) is 0 Å². The number of hydrogen-bond donors (Lipinski definition) is 0. The van der Waals surface area contributed by atoms with Crippen LogP contribution in [0.4, 0.5) is 4.79 Å². The molecule has 2 aliphatic rings. The quantitative estimate of drug-likeness (QED) is 0.607. The van der Waals surface area contributed by atoms with Crippen LogP contribution in [0.15, 0.2) is 48.5 Å². The highest BCUT2D eigenvalue weighted by molar-refractivity contribution is 6.30. The number of halogens is 1. The Kier molecular flexibility index (Phi) is 6.96. The van der Waals surface area contributed by atoms with Gasteiger partial charge in [-0.15, -0.1) is 0 Å². The minimum absolute atomic E-state index is 0.210. The number of nitrogens with zero attached hydrogens (tertiary/aromatic N) is 2. The van der Waals surface area contributed by atoms with Crippen molar-refractivity contribution in [2.24, 2.45) is 0 Å². The monoisotopic (exact) mass is 456 g/mol. The summed E-state index contributed by atoms with van der Waals surface area (Å²) in [5, 5.41) is 0.754. The molecule has 5 nitrogen and oxygen atoms in total. The van der Waals surface area contributed by atoms with Crippen molar-refractivity contribution in [3.63, 3.8) is 0 Å². The largest absolute Gasteiger partial charge is 0.492 e. The van der Waals surface area contributed by atoms with Crippen LogP contribution in [0.25, 0.3) is 0 Å². The van der Waals surface area contributed by atoms with E-state index in [0.29, 0.717) is 25.7 Å². The van der Waals surface area contributed by atoms with Crippen LogP contribution in [0.1, 0.15) is 44.7 Å². The van der Waals surface area contributed by atoms with Crippen molar-refractivity contribution in [3.8, 4) is 5.75 Å². The first-order chi connectivity index (χ1) is 15.3. The molecule has 1 fully saturated rings. The molecule has 32 heavy (non-hydrogen) atoms. The van der Waals surface area contributed by atoms with E-state index < -0.39 is 5.60 Å². The fourth-order valence-corrected chi connectivity index (χ4v) is 4.71. The van der Waals surface area contributed by atoms with E-state index >= 15 is 0 Å². The Balaban J connectivity index is 1.49. The molecule has 1 unspecified atom stereocenters. The van der Waals surface area contributed by atoms with Gasteiger partial charge in [-0.3, -0.25) is 4.90 Å². The number of piperidine rings is 1. The molecule has 2 aliphatic heterocycles. The molecule has 2 heterocycles. The van der Waals surface area contributed by atoms with Gasteiger partial charge in [-0.1, -0.05) is 41.9 Å². The molecule has 1 saturated heterocycles. The van der Waals surface area contributed by atoms with Crippen molar-refractivity contribution in [2.75, 3.05) is 19.7 Å². The highest BCUT2D eigenvalue weighted by atomic mass is 35.5. The highest BCUT2D eigenvalue weighted by Gasteiger charge is 2.34. The summed E-state index contributed by atoms with van der Waals surface area (Å²) >= 11 is 6.09. The van der Waals surface area contributed by atoms with Crippen LogP contribution >= 0.6 is 11.6 Å². The zero-order chi connectivity index (χ0) is 22.7. The van der Waals surface area contributed by atoms with Gasteiger partial charge >= 0.3 is 6.09 Å². The van der Waals surface area contributed by atoms with Gasteiger partial charge in [-0.2, -0.15) is 0 Å². The zero-order valence-electron chi connectivity index (χ0n) is 19.2. The molecule has 0 saturated carbocycles. The lowest BCUT2D eigenvalue weighted by Gasteiger charge is -2.41. The molecular formula is C26H33ClN2O3. The molecule has 0 spiro atoms. The first kappa shape index (κ1) is 22.9. The van der Waals surface area contributed by atoms with E-state index in [1.165, 1.54) is 11.1 Å². The third-order valence-corrected chi connectivity index (χ3v) is 6.45. The fraction of sp³-hybridized carbons (Fsp3) is 0.500. The smallest absolute Gasteiger partial charge is 0.410 e. The first-order valence-electron chi connectivity index (χ1n) is 11.5. The minimum atomic E-state index is -0.469. The van der Waals surface area contributed by atoms with Crippen LogP contribution in [0.5, 0.6) is 5.75 Å². The Bertz CT molecular complexity index is 917. The number of benzene rings is 2. The normalized spacial score (nSPS) is 20.2. The van der Waals surface area contributed by atoms with Crippen molar-refractivity contribution in [1.29, 1.82) is 0 Å². The first-order valence-corrected chi connectivity index (χ1v) is 11.8. The van der Waals surface area contributed by atoms with Crippen molar-refractivity contribution in [2.45, 2.75) is 64.3 Å². The number of carbonyl (C=O) groups excluding carboxylic acids is 1. The number of rotatable bonds is 3. The third kappa shape index (κ3) is 5.76. The van der Waals surface area contributed by atoms with Gasteiger partial charge in [0.05, 0.1) is 0 Å². The summed E-state index contributed by atoms with van der Waals surface area (Å²) in [5.41, 5.74) is 2.01. The molecule has 1 atom stereocenters. The summed E-state index contributed by atoms with van der Waals surface area (Å²) < 4.78 is 11.8. The number of ether oxygens (including phenoxy) is 2. The van der Waals surface area contributed by atoms with Gasteiger partial charge in [-0.05, 0) is 63.8 Å². The average Bonchev–Trinajstić information content (AvgIpc) is 2.94. The summed E-state index contributed by atoms with van der Waals surface area (Å²) in [6, 6.07) is 17.1. The second kappa shape index (κ2) is 9.72. The molecule has 0 bridgehead atoms. The molecule has 172 valence electrons. The zero-order valence-corrected chi connectivity index (χ0v) is 20.0. The predicted molar refractivity (Wildman–Crippen MR) is 127 cm³/mol. The summed E-state index contributed by atoms with van der Waals surface area (Å²) in [4.78, 5) is 16.9. The van der Waals surface area contributed by atoms with Crippen LogP contribution in [0.3, 0.4) is 0 Å². The number of hydrogen-bond acceptors (Lipinski definition) is 4. The van der Waals surface area contributed by atoms with Gasteiger partial charge < -0.3 is 14.4 Å².